The number of allylic oxidation sites excluding steroid dienone is 2. The lowest BCUT2D eigenvalue weighted by atomic mass is 10.0. The third-order valence-electron chi connectivity index (χ3n) is 4.92. The molecule has 1 radical (unpaired) electrons. The number of aliphatic hydroxyl groups excluding tert-OH is 4. The van der Waals surface area contributed by atoms with Crippen LogP contribution in [0, 0.1) is 0 Å². The van der Waals surface area contributed by atoms with Gasteiger partial charge in [-0.05, 0) is 36.4 Å². The molecule has 8 heteroatoms. The fourth-order valence-electron chi connectivity index (χ4n) is 3.48. The summed E-state index contributed by atoms with van der Waals surface area (Å²) in [6.45, 7) is -0.807. The Labute approximate surface area is 166 Å². The van der Waals surface area contributed by atoms with Gasteiger partial charge in [-0.15, -0.1) is 0 Å². The van der Waals surface area contributed by atoms with Crippen molar-refractivity contribution in [1.82, 2.24) is 4.90 Å². The maximum atomic E-state index is 13.0. The number of aliphatic hydroxyl groups is 4. The third-order valence-corrected chi connectivity index (χ3v) is 4.92. The summed E-state index contributed by atoms with van der Waals surface area (Å²) in [6.07, 6.45) is 4.77. The van der Waals surface area contributed by atoms with E-state index in [-0.39, 0.29) is 37.8 Å². The van der Waals surface area contributed by atoms with Crippen LogP contribution in [0.2, 0.25) is 0 Å². The number of rotatable bonds is 6. The zero-order valence-corrected chi connectivity index (χ0v) is 15.4. The van der Waals surface area contributed by atoms with E-state index >= 15 is 0 Å². The summed E-state index contributed by atoms with van der Waals surface area (Å²) in [7, 11) is 0. The highest BCUT2D eigenvalue weighted by Gasteiger charge is 2.38. The van der Waals surface area contributed by atoms with E-state index in [0.717, 1.165) is 0 Å². The van der Waals surface area contributed by atoms with Crippen LogP contribution in [0.4, 0.5) is 0 Å². The van der Waals surface area contributed by atoms with Crippen LogP contribution >= 0.6 is 0 Å². The minimum absolute atomic E-state index is 0.0382. The van der Waals surface area contributed by atoms with Crippen LogP contribution in [0.1, 0.15) is 23.0 Å². The van der Waals surface area contributed by atoms with Crippen molar-refractivity contribution in [2.75, 3.05) is 6.61 Å². The first-order valence-corrected chi connectivity index (χ1v) is 9.06. The summed E-state index contributed by atoms with van der Waals surface area (Å²) < 4.78 is 10.9. The standard InChI is InChI=1S/C21H20NO7/c23-9-15-3-1-13(28-15)5-12-6-18-21(27)17(7-14-2-4-16(10-24)29-14)19(11-25)22(18)8-20(12)26/h1-4,6-8,19,23-26H,5,9-11H2/b17-7-. The van der Waals surface area contributed by atoms with Gasteiger partial charge in [-0.2, -0.15) is 0 Å². The predicted octanol–water partition coefficient (Wildman–Crippen LogP) is 2.14. The van der Waals surface area contributed by atoms with Crippen molar-refractivity contribution in [3.05, 3.63) is 87.9 Å². The highest BCUT2D eigenvalue weighted by atomic mass is 16.4. The monoisotopic (exact) mass is 398 g/mol. The normalized spacial score (nSPS) is 20.3. The smallest absolute Gasteiger partial charge is 0.207 e. The van der Waals surface area contributed by atoms with E-state index < -0.39 is 6.04 Å². The molecule has 0 saturated heterocycles. The van der Waals surface area contributed by atoms with Gasteiger partial charge in [0.2, 0.25) is 5.76 Å². The second-order valence-corrected chi connectivity index (χ2v) is 6.77. The predicted molar refractivity (Wildman–Crippen MR) is 100 cm³/mol. The van der Waals surface area contributed by atoms with Crippen LogP contribution in [0.5, 0.6) is 0 Å². The molecule has 0 aliphatic carbocycles. The molecule has 2 aliphatic rings. The van der Waals surface area contributed by atoms with Gasteiger partial charge in [-0.1, -0.05) is 0 Å². The molecule has 0 bridgehead atoms. The molecule has 1 atom stereocenters. The lowest BCUT2D eigenvalue weighted by Gasteiger charge is -2.27. The quantitative estimate of drug-likeness (QED) is 0.586. The lowest BCUT2D eigenvalue weighted by molar-refractivity contribution is 0.216. The molecule has 2 aromatic rings. The first kappa shape index (κ1) is 19.1. The SMILES string of the molecule is [O]C1=C2C=C(Cc3ccc(CO)o3)C(O)=CN2C(CO)/C1=C/c1ccc(CO)o1. The van der Waals surface area contributed by atoms with Crippen LogP contribution in [0.3, 0.4) is 0 Å². The van der Waals surface area contributed by atoms with Crippen molar-refractivity contribution in [2.24, 2.45) is 0 Å². The Balaban J connectivity index is 1.68. The van der Waals surface area contributed by atoms with Crippen molar-refractivity contribution in [3.8, 4) is 0 Å². The van der Waals surface area contributed by atoms with Crippen molar-refractivity contribution in [1.29, 1.82) is 0 Å². The fourth-order valence-corrected chi connectivity index (χ4v) is 3.48. The van der Waals surface area contributed by atoms with Crippen LogP contribution in [-0.4, -0.2) is 38.0 Å². The van der Waals surface area contributed by atoms with Gasteiger partial charge in [0.05, 0.1) is 18.3 Å². The molecule has 2 aliphatic heterocycles. The molecule has 4 N–H and O–H groups in total. The Morgan fingerprint density at radius 3 is 2.34 bits per heavy atom. The average molecular weight is 398 g/mol. The molecular formula is C21H20NO7. The highest BCUT2D eigenvalue weighted by Crippen LogP contribution is 2.39. The number of fused-ring (bicyclic) bond motifs is 1. The Hall–Kier alpha value is -3.20. The van der Waals surface area contributed by atoms with E-state index in [1.165, 1.54) is 17.2 Å². The summed E-state index contributed by atoms with van der Waals surface area (Å²) >= 11 is 0. The molecule has 151 valence electrons. The molecule has 1 unspecified atom stereocenters. The summed E-state index contributed by atoms with van der Waals surface area (Å²) in [5.41, 5.74) is 1.14. The topological polar surface area (TPSA) is 130 Å². The van der Waals surface area contributed by atoms with E-state index in [1.54, 1.807) is 30.3 Å². The Morgan fingerprint density at radius 2 is 1.69 bits per heavy atom. The maximum absolute atomic E-state index is 13.0. The van der Waals surface area contributed by atoms with Gasteiger partial charge in [0.1, 0.15) is 42.0 Å². The minimum atomic E-state index is -0.662. The second kappa shape index (κ2) is 7.67. The van der Waals surface area contributed by atoms with E-state index in [0.29, 0.717) is 39.9 Å². The van der Waals surface area contributed by atoms with Gasteiger partial charge in [-0.25, -0.2) is 0 Å². The van der Waals surface area contributed by atoms with Crippen LogP contribution in [0.15, 0.2) is 73.7 Å². The first-order valence-electron chi connectivity index (χ1n) is 9.06. The Kier molecular flexibility index (Phi) is 5.06. The maximum Gasteiger partial charge on any atom is 0.207 e. The highest BCUT2D eigenvalue weighted by molar-refractivity contribution is 5.62. The Morgan fingerprint density at radius 1 is 1.00 bits per heavy atom. The number of hydrogen-bond donors (Lipinski definition) is 4. The van der Waals surface area contributed by atoms with Crippen LogP contribution in [-0.2, 0) is 24.7 Å². The summed E-state index contributed by atoms with van der Waals surface area (Å²) in [4.78, 5) is 1.53. The van der Waals surface area contributed by atoms with Crippen LogP contribution < -0.4 is 0 Å². The summed E-state index contributed by atoms with van der Waals surface area (Å²) in [5.74, 6) is 1.39. The molecule has 8 nitrogen and oxygen atoms in total. The molecular weight excluding hydrogens is 378 g/mol. The molecule has 2 aromatic heterocycles. The van der Waals surface area contributed by atoms with Crippen molar-refractivity contribution in [3.63, 3.8) is 0 Å². The van der Waals surface area contributed by atoms with Gasteiger partial charge in [-0.3, -0.25) is 5.11 Å². The Bertz CT molecular complexity index is 1040. The average Bonchev–Trinajstić information content (AvgIpc) is 3.42. The summed E-state index contributed by atoms with van der Waals surface area (Å²) in [5, 5.41) is 51.5. The zero-order valence-electron chi connectivity index (χ0n) is 15.4. The largest absolute Gasteiger partial charge is 0.506 e. The lowest BCUT2D eigenvalue weighted by Crippen LogP contribution is -2.31. The van der Waals surface area contributed by atoms with Gasteiger partial charge >= 0.3 is 0 Å². The minimum Gasteiger partial charge on any atom is -0.506 e. The zero-order chi connectivity index (χ0) is 20.5. The molecule has 4 heterocycles. The molecule has 0 spiro atoms. The van der Waals surface area contributed by atoms with Crippen molar-refractivity contribution < 1.29 is 34.4 Å². The summed E-state index contributed by atoms with van der Waals surface area (Å²) in [6, 6.07) is 5.92. The fraction of sp³-hybridized carbons (Fsp3) is 0.238. The van der Waals surface area contributed by atoms with Gasteiger partial charge in [0.25, 0.3) is 0 Å². The molecule has 0 saturated carbocycles. The molecule has 0 amide bonds. The van der Waals surface area contributed by atoms with Crippen molar-refractivity contribution in [2.45, 2.75) is 25.7 Å². The number of hydrogen-bond acceptors (Lipinski definition) is 7. The number of nitrogens with zero attached hydrogens (tertiary/aromatic N) is 1. The van der Waals surface area contributed by atoms with E-state index in [1.807, 2.05) is 0 Å². The third kappa shape index (κ3) is 3.49. The molecule has 0 aromatic carbocycles. The van der Waals surface area contributed by atoms with E-state index in [2.05, 4.69) is 0 Å². The van der Waals surface area contributed by atoms with Gasteiger partial charge < -0.3 is 34.2 Å². The van der Waals surface area contributed by atoms with E-state index in [4.69, 9.17) is 19.0 Å². The molecule has 4 rings (SSSR count). The second-order valence-electron chi connectivity index (χ2n) is 6.77. The van der Waals surface area contributed by atoms with E-state index in [9.17, 15) is 15.3 Å². The number of furan rings is 2. The molecule has 29 heavy (non-hydrogen) atoms. The van der Waals surface area contributed by atoms with Crippen molar-refractivity contribution >= 4 is 6.08 Å². The van der Waals surface area contributed by atoms with Gasteiger partial charge in [0, 0.05) is 23.8 Å². The van der Waals surface area contributed by atoms with Gasteiger partial charge in [0.15, 0.2) is 0 Å². The molecule has 0 fully saturated rings. The first-order chi connectivity index (χ1) is 14.0. The van der Waals surface area contributed by atoms with Crippen LogP contribution in [0.25, 0.3) is 6.08 Å².